The van der Waals surface area contributed by atoms with Gasteiger partial charge >= 0.3 is 0 Å². The van der Waals surface area contributed by atoms with Crippen molar-refractivity contribution in [1.82, 2.24) is 14.7 Å². The van der Waals surface area contributed by atoms with E-state index in [9.17, 15) is 9.59 Å². The summed E-state index contributed by atoms with van der Waals surface area (Å²) in [5.74, 6) is -0.328. The number of imidazole rings is 1. The molecule has 2 N–H and O–H groups in total. The Balaban J connectivity index is 1.45. The van der Waals surface area contributed by atoms with Crippen molar-refractivity contribution in [3.8, 4) is 11.3 Å². The first-order chi connectivity index (χ1) is 13.7. The monoisotopic (exact) mass is 388 g/mol. The van der Waals surface area contributed by atoms with Crippen LogP contribution < -0.4 is 10.6 Å². The van der Waals surface area contributed by atoms with Crippen molar-refractivity contribution in [3.05, 3.63) is 77.4 Å². The van der Waals surface area contributed by atoms with Crippen LogP contribution in [0.2, 0.25) is 0 Å². The molecule has 0 aliphatic carbocycles. The van der Waals surface area contributed by atoms with Crippen molar-refractivity contribution in [2.45, 2.75) is 12.5 Å². The summed E-state index contributed by atoms with van der Waals surface area (Å²) in [7, 11) is 0. The molecule has 3 heterocycles. The number of hydrogen-bond donors (Lipinski definition) is 2. The van der Waals surface area contributed by atoms with Gasteiger partial charge < -0.3 is 10.6 Å². The number of nitrogens with one attached hydrogen (secondary N) is 2. The Kier molecular flexibility index (Phi) is 3.95. The van der Waals surface area contributed by atoms with Gasteiger partial charge in [-0.2, -0.15) is 0 Å². The molecule has 0 saturated carbocycles. The molecule has 7 heteroatoms. The lowest BCUT2D eigenvalue weighted by atomic mass is 9.97. The zero-order chi connectivity index (χ0) is 19.1. The second-order valence-corrected chi connectivity index (χ2v) is 7.47. The highest BCUT2D eigenvalue weighted by molar-refractivity contribution is 7.15. The molecule has 1 atom stereocenters. The summed E-state index contributed by atoms with van der Waals surface area (Å²) < 4.78 is 1.80. The highest BCUT2D eigenvalue weighted by Crippen LogP contribution is 2.30. The smallest absolute Gasteiger partial charge is 0.269 e. The summed E-state index contributed by atoms with van der Waals surface area (Å²) in [5.41, 5.74) is 4.00. The van der Waals surface area contributed by atoms with Gasteiger partial charge in [-0.15, -0.1) is 11.3 Å². The predicted molar refractivity (Wildman–Crippen MR) is 108 cm³/mol. The summed E-state index contributed by atoms with van der Waals surface area (Å²) in [6.07, 6.45) is 2.09. The average Bonchev–Trinajstić information content (AvgIpc) is 3.29. The molecule has 2 amide bonds. The van der Waals surface area contributed by atoms with E-state index >= 15 is 0 Å². The Hall–Kier alpha value is -3.45. The van der Waals surface area contributed by atoms with Crippen molar-refractivity contribution in [2.24, 2.45) is 0 Å². The van der Waals surface area contributed by atoms with E-state index in [1.807, 2.05) is 60.8 Å². The van der Waals surface area contributed by atoms with Gasteiger partial charge in [0.1, 0.15) is 5.69 Å². The van der Waals surface area contributed by atoms with Gasteiger partial charge in [0.25, 0.3) is 5.91 Å². The first-order valence-electron chi connectivity index (χ1n) is 8.91. The maximum absolute atomic E-state index is 13.0. The second kappa shape index (κ2) is 6.61. The van der Waals surface area contributed by atoms with Gasteiger partial charge in [-0.25, -0.2) is 4.98 Å². The number of rotatable bonds is 3. The van der Waals surface area contributed by atoms with Crippen molar-refractivity contribution in [3.63, 3.8) is 0 Å². The lowest BCUT2D eigenvalue weighted by Crippen LogP contribution is -2.35. The van der Waals surface area contributed by atoms with Crippen LogP contribution >= 0.6 is 11.3 Å². The van der Waals surface area contributed by atoms with Gasteiger partial charge in [-0.1, -0.05) is 48.5 Å². The van der Waals surface area contributed by atoms with Crippen LogP contribution in [-0.2, 0) is 4.79 Å². The second-order valence-electron chi connectivity index (χ2n) is 6.63. The van der Waals surface area contributed by atoms with Crippen molar-refractivity contribution in [1.29, 1.82) is 0 Å². The van der Waals surface area contributed by atoms with Crippen LogP contribution in [0.3, 0.4) is 0 Å². The summed E-state index contributed by atoms with van der Waals surface area (Å²) in [6, 6.07) is 17.0. The Labute approximate surface area is 164 Å². The van der Waals surface area contributed by atoms with Gasteiger partial charge in [0.05, 0.1) is 18.2 Å². The molecule has 1 unspecified atom stereocenters. The van der Waals surface area contributed by atoms with E-state index in [0.717, 1.165) is 27.5 Å². The fourth-order valence-corrected chi connectivity index (χ4v) is 4.32. The lowest BCUT2D eigenvalue weighted by molar-refractivity contribution is -0.116. The third-order valence-corrected chi connectivity index (χ3v) is 5.66. The van der Waals surface area contributed by atoms with E-state index in [1.165, 1.54) is 11.3 Å². The molecule has 6 nitrogen and oxygen atoms in total. The number of carbonyl (C=O) groups is 2. The molecule has 5 rings (SSSR count). The van der Waals surface area contributed by atoms with Crippen LogP contribution in [0.25, 0.3) is 16.2 Å². The van der Waals surface area contributed by atoms with Crippen LogP contribution in [0, 0.1) is 0 Å². The number of thiazole rings is 1. The number of benzene rings is 2. The van der Waals surface area contributed by atoms with E-state index in [0.29, 0.717) is 5.69 Å². The largest absolute Gasteiger partial charge is 0.343 e. The molecule has 0 bridgehead atoms. The maximum Gasteiger partial charge on any atom is 0.269 e. The summed E-state index contributed by atoms with van der Waals surface area (Å²) in [6.45, 7) is 0. The first kappa shape index (κ1) is 16.7. The molecule has 0 saturated heterocycles. The van der Waals surface area contributed by atoms with Gasteiger partial charge in [-0.05, 0) is 11.6 Å². The van der Waals surface area contributed by atoms with Crippen molar-refractivity contribution >= 4 is 33.8 Å². The predicted octanol–water partition coefficient (Wildman–Crippen LogP) is 3.88. The fraction of sp³-hybridized carbons (Fsp3) is 0.0952. The molecule has 2 aromatic carbocycles. The average molecular weight is 388 g/mol. The normalized spacial score (nSPS) is 15.9. The van der Waals surface area contributed by atoms with E-state index < -0.39 is 0 Å². The highest BCUT2D eigenvalue weighted by atomic mass is 32.1. The number of fused-ring (bicyclic) bond motifs is 2. The number of aromatic nitrogens is 2. The van der Waals surface area contributed by atoms with Crippen LogP contribution in [0.1, 0.15) is 28.5 Å². The minimum Gasteiger partial charge on any atom is -0.343 e. The van der Waals surface area contributed by atoms with Gasteiger partial charge in [0, 0.05) is 22.8 Å². The molecule has 2 aromatic heterocycles. The molecule has 138 valence electrons. The van der Waals surface area contributed by atoms with Crippen LogP contribution in [0.5, 0.6) is 0 Å². The molecular formula is C21H16N4O2S. The van der Waals surface area contributed by atoms with E-state index in [1.54, 1.807) is 9.78 Å². The topological polar surface area (TPSA) is 75.5 Å². The number of para-hydroxylation sites is 1. The first-order valence-corrected chi connectivity index (χ1v) is 9.78. The van der Waals surface area contributed by atoms with Crippen LogP contribution in [0.15, 0.2) is 66.2 Å². The summed E-state index contributed by atoms with van der Waals surface area (Å²) in [4.78, 5) is 30.3. The molecular weight excluding hydrogens is 372 g/mol. The van der Waals surface area contributed by atoms with Gasteiger partial charge in [-0.3, -0.25) is 14.0 Å². The van der Waals surface area contributed by atoms with Crippen molar-refractivity contribution < 1.29 is 9.59 Å². The number of hydrogen-bond acceptors (Lipinski definition) is 4. The van der Waals surface area contributed by atoms with E-state index in [4.69, 9.17) is 0 Å². The minimum absolute atomic E-state index is 0.103. The zero-order valence-electron chi connectivity index (χ0n) is 14.8. The Morgan fingerprint density at radius 1 is 1.14 bits per heavy atom. The SMILES string of the molecule is O=C1CC(NC(=O)c2csc3nc(-c4ccccc4)cn23)c2ccccc2N1. The molecule has 0 fully saturated rings. The van der Waals surface area contributed by atoms with Crippen molar-refractivity contribution in [2.75, 3.05) is 5.32 Å². The van der Waals surface area contributed by atoms with Gasteiger partial charge in [0.2, 0.25) is 5.91 Å². The number of anilines is 1. The molecule has 4 aromatic rings. The molecule has 0 spiro atoms. The minimum atomic E-state index is -0.357. The zero-order valence-corrected chi connectivity index (χ0v) is 15.6. The van der Waals surface area contributed by atoms with E-state index in [-0.39, 0.29) is 24.3 Å². The number of amides is 2. The number of carbonyl (C=O) groups excluding carboxylic acids is 2. The third kappa shape index (κ3) is 2.86. The third-order valence-electron chi connectivity index (χ3n) is 4.82. The lowest BCUT2D eigenvalue weighted by Gasteiger charge is -2.26. The van der Waals surface area contributed by atoms with E-state index in [2.05, 4.69) is 15.6 Å². The molecule has 0 radical (unpaired) electrons. The Bertz CT molecular complexity index is 1200. The number of nitrogens with zero attached hydrogens (tertiary/aromatic N) is 2. The Morgan fingerprint density at radius 2 is 1.93 bits per heavy atom. The summed E-state index contributed by atoms with van der Waals surface area (Å²) in [5, 5.41) is 7.65. The summed E-state index contributed by atoms with van der Waals surface area (Å²) >= 11 is 1.42. The highest BCUT2D eigenvalue weighted by Gasteiger charge is 2.27. The van der Waals surface area contributed by atoms with Crippen LogP contribution in [-0.4, -0.2) is 21.2 Å². The Morgan fingerprint density at radius 3 is 2.79 bits per heavy atom. The fourth-order valence-electron chi connectivity index (χ4n) is 3.47. The molecule has 1 aliphatic rings. The molecule has 1 aliphatic heterocycles. The van der Waals surface area contributed by atoms with Crippen LogP contribution in [0.4, 0.5) is 5.69 Å². The quantitative estimate of drug-likeness (QED) is 0.559. The standard InChI is InChI=1S/C21H16N4O2S/c26-19-10-16(14-8-4-5-9-15(14)22-19)23-20(27)18-12-28-21-24-17(11-25(18)21)13-6-2-1-3-7-13/h1-9,11-12,16H,10H2,(H,22,26)(H,23,27). The van der Waals surface area contributed by atoms with Gasteiger partial charge in [0.15, 0.2) is 4.96 Å². The maximum atomic E-state index is 13.0. The molecule has 28 heavy (non-hydrogen) atoms.